The molecule has 2 aliphatic rings. The average molecular weight is 427 g/mol. The predicted molar refractivity (Wildman–Crippen MR) is 109 cm³/mol. The molecule has 3 rings (SSSR count). The van der Waals surface area contributed by atoms with E-state index in [0.717, 1.165) is 0 Å². The number of hydrogen-bond donors (Lipinski definition) is 2. The van der Waals surface area contributed by atoms with E-state index in [4.69, 9.17) is 9.47 Å². The van der Waals surface area contributed by atoms with Crippen LogP contribution in [0.5, 0.6) is 5.75 Å². The fourth-order valence-electron chi connectivity index (χ4n) is 4.16. The zero-order valence-electron chi connectivity index (χ0n) is 17.8. The van der Waals surface area contributed by atoms with Gasteiger partial charge in [-0.3, -0.25) is 4.90 Å². The number of ether oxygens (including phenoxy) is 2. The zero-order chi connectivity index (χ0) is 21.9. The highest BCUT2D eigenvalue weighted by atomic mass is 19.3. The fourth-order valence-corrected chi connectivity index (χ4v) is 4.16. The molecule has 0 unspecified atom stereocenters. The van der Waals surface area contributed by atoms with E-state index in [2.05, 4.69) is 5.32 Å². The van der Waals surface area contributed by atoms with Crippen molar-refractivity contribution in [2.45, 2.75) is 82.3 Å². The highest BCUT2D eigenvalue weighted by molar-refractivity contribution is 5.68. The van der Waals surface area contributed by atoms with Crippen molar-refractivity contribution in [3.63, 3.8) is 0 Å². The summed E-state index contributed by atoms with van der Waals surface area (Å²) in [4.78, 5) is 14.1. The van der Waals surface area contributed by atoms with Crippen molar-refractivity contribution in [2.24, 2.45) is 0 Å². The van der Waals surface area contributed by atoms with Crippen LogP contribution in [0.25, 0.3) is 0 Å². The number of amides is 1. The molecule has 0 aromatic heterocycles. The number of nitrogens with one attached hydrogen (secondary N) is 1. The lowest BCUT2D eigenvalue weighted by Gasteiger charge is -2.47. The summed E-state index contributed by atoms with van der Waals surface area (Å²) < 4.78 is 38.9. The Bertz CT molecular complexity index is 701. The summed E-state index contributed by atoms with van der Waals surface area (Å²) in [6.07, 6.45) is -1.37. The van der Waals surface area contributed by atoms with Gasteiger partial charge < -0.3 is 19.9 Å². The van der Waals surface area contributed by atoms with Gasteiger partial charge in [-0.15, -0.1) is 0 Å². The van der Waals surface area contributed by atoms with Gasteiger partial charge in [-0.25, -0.2) is 13.6 Å². The predicted octanol–water partition coefficient (Wildman–Crippen LogP) is 3.58. The summed E-state index contributed by atoms with van der Waals surface area (Å²) >= 11 is 0. The lowest BCUT2D eigenvalue weighted by Crippen LogP contribution is -2.64. The quantitative estimate of drug-likeness (QED) is 0.770. The number of likely N-dealkylation sites (tertiary alicyclic amines) is 1. The van der Waals surface area contributed by atoms with E-state index in [1.54, 1.807) is 20.8 Å². The van der Waals surface area contributed by atoms with Crippen LogP contribution in [0, 0.1) is 0 Å². The van der Waals surface area contributed by atoms with Crippen LogP contribution >= 0.6 is 0 Å². The van der Waals surface area contributed by atoms with Crippen molar-refractivity contribution in [2.75, 3.05) is 13.1 Å². The molecule has 1 aromatic rings. The monoisotopic (exact) mass is 426 g/mol. The highest BCUT2D eigenvalue weighted by Crippen LogP contribution is 2.34. The molecule has 0 spiro atoms. The molecule has 1 heterocycles. The third-order valence-corrected chi connectivity index (χ3v) is 5.59. The molecule has 1 amide bonds. The number of alkyl halides is 2. The number of hydrogen-bond acceptors (Lipinski definition) is 5. The standard InChI is InChI=1S/C22H32F2N2O4/c1-21(2,3)30-20(28)25-16-9-10-17(29-15-7-5-4-6-8-15)18(19(16)27)26-13-11-22(23,24)12-14-26/h4-8,16-19,27H,9-14H2,1-3H3,(H,25,28)/t16-,17-,18-,19-/m1/s1. The number of nitrogens with zero attached hydrogens (tertiary/aromatic N) is 1. The van der Waals surface area contributed by atoms with Gasteiger partial charge in [0.2, 0.25) is 0 Å². The molecule has 1 aliphatic heterocycles. The van der Waals surface area contributed by atoms with E-state index in [-0.39, 0.29) is 32.0 Å². The number of rotatable bonds is 4. The van der Waals surface area contributed by atoms with Crippen LogP contribution in [0.15, 0.2) is 30.3 Å². The minimum absolute atomic E-state index is 0.169. The third-order valence-electron chi connectivity index (χ3n) is 5.59. The number of benzene rings is 1. The van der Waals surface area contributed by atoms with Gasteiger partial charge >= 0.3 is 6.09 Å². The second kappa shape index (κ2) is 9.06. The van der Waals surface area contributed by atoms with Crippen molar-refractivity contribution in [1.29, 1.82) is 0 Å². The molecular formula is C22H32F2N2O4. The second-order valence-corrected chi connectivity index (χ2v) is 9.17. The fraction of sp³-hybridized carbons (Fsp3) is 0.682. The van der Waals surface area contributed by atoms with Gasteiger partial charge in [0.15, 0.2) is 0 Å². The van der Waals surface area contributed by atoms with E-state index in [1.165, 1.54) is 0 Å². The van der Waals surface area contributed by atoms with Crippen LogP contribution < -0.4 is 10.1 Å². The van der Waals surface area contributed by atoms with Crippen molar-refractivity contribution >= 4 is 6.09 Å². The SMILES string of the molecule is CC(C)(C)OC(=O)N[C@@H]1CC[C@@H](Oc2ccccc2)[C@@H](N2CCC(F)(F)CC2)[C@@H]1O. The van der Waals surface area contributed by atoms with Crippen molar-refractivity contribution < 1.29 is 28.2 Å². The van der Waals surface area contributed by atoms with Crippen LogP contribution in [0.1, 0.15) is 46.5 Å². The molecule has 8 heteroatoms. The number of halogens is 2. The zero-order valence-corrected chi connectivity index (χ0v) is 17.8. The summed E-state index contributed by atoms with van der Waals surface area (Å²) in [5.74, 6) is -2.01. The van der Waals surface area contributed by atoms with Gasteiger partial charge in [0, 0.05) is 25.9 Å². The Labute approximate surface area is 176 Å². The van der Waals surface area contributed by atoms with Crippen LogP contribution in [0.4, 0.5) is 13.6 Å². The van der Waals surface area contributed by atoms with E-state index in [0.29, 0.717) is 18.6 Å². The number of para-hydroxylation sites is 1. The van der Waals surface area contributed by atoms with Crippen molar-refractivity contribution in [3.05, 3.63) is 30.3 Å². The lowest BCUT2D eigenvalue weighted by atomic mass is 9.83. The maximum atomic E-state index is 13.7. The van der Waals surface area contributed by atoms with Gasteiger partial charge in [0.25, 0.3) is 5.92 Å². The Morgan fingerprint density at radius 2 is 1.80 bits per heavy atom. The molecule has 6 nitrogen and oxygen atoms in total. The Hall–Kier alpha value is -1.93. The highest BCUT2D eigenvalue weighted by Gasteiger charge is 2.46. The number of piperidine rings is 1. The number of aliphatic hydroxyl groups excluding tert-OH is 1. The molecule has 2 N–H and O–H groups in total. The third kappa shape index (κ3) is 6.04. The molecule has 1 saturated carbocycles. The largest absolute Gasteiger partial charge is 0.489 e. The second-order valence-electron chi connectivity index (χ2n) is 9.17. The first kappa shape index (κ1) is 22.7. The van der Waals surface area contributed by atoms with Crippen LogP contribution in [-0.4, -0.2) is 65.0 Å². The van der Waals surface area contributed by atoms with E-state index >= 15 is 0 Å². The Morgan fingerprint density at radius 1 is 1.17 bits per heavy atom. The molecular weight excluding hydrogens is 394 g/mol. The van der Waals surface area contributed by atoms with Gasteiger partial charge in [0.05, 0.1) is 18.2 Å². The van der Waals surface area contributed by atoms with Crippen LogP contribution in [0.3, 0.4) is 0 Å². The van der Waals surface area contributed by atoms with Gasteiger partial charge in [0.1, 0.15) is 17.5 Å². The van der Waals surface area contributed by atoms with E-state index in [9.17, 15) is 18.7 Å². The molecule has 1 saturated heterocycles. The van der Waals surface area contributed by atoms with Gasteiger partial charge in [-0.05, 0) is 45.7 Å². The Balaban J connectivity index is 1.74. The summed E-state index contributed by atoms with van der Waals surface area (Å²) in [6.45, 7) is 5.64. The first-order chi connectivity index (χ1) is 14.0. The minimum Gasteiger partial charge on any atom is -0.489 e. The molecule has 30 heavy (non-hydrogen) atoms. The van der Waals surface area contributed by atoms with Crippen LogP contribution in [0.2, 0.25) is 0 Å². The molecule has 1 aromatic carbocycles. The molecule has 0 radical (unpaired) electrons. The molecule has 168 valence electrons. The normalized spacial score (nSPS) is 29.8. The summed E-state index contributed by atoms with van der Waals surface area (Å²) in [7, 11) is 0. The number of carbonyl (C=O) groups is 1. The molecule has 0 bridgehead atoms. The summed E-state index contributed by atoms with van der Waals surface area (Å²) in [5, 5.41) is 13.9. The Morgan fingerprint density at radius 3 is 2.40 bits per heavy atom. The van der Waals surface area contributed by atoms with Gasteiger partial charge in [-0.2, -0.15) is 0 Å². The maximum Gasteiger partial charge on any atom is 0.407 e. The molecule has 1 aliphatic carbocycles. The minimum atomic E-state index is -2.68. The van der Waals surface area contributed by atoms with Crippen molar-refractivity contribution in [1.82, 2.24) is 10.2 Å². The number of aliphatic hydroxyl groups is 1. The van der Waals surface area contributed by atoms with E-state index in [1.807, 2.05) is 35.2 Å². The molecule has 2 fully saturated rings. The maximum absolute atomic E-state index is 13.7. The first-order valence-corrected chi connectivity index (χ1v) is 10.6. The number of carbonyl (C=O) groups excluding carboxylic acids is 1. The van der Waals surface area contributed by atoms with E-state index < -0.39 is 35.8 Å². The smallest absolute Gasteiger partial charge is 0.407 e. The summed E-state index contributed by atoms with van der Waals surface area (Å²) in [6, 6.07) is 8.22. The number of alkyl carbamates (subject to hydrolysis) is 1. The van der Waals surface area contributed by atoms with Crippen molar-refractivity contribution in [3.8, 4) is 5.75 Å². The Kier molecular flexibility index (Phi) is 6.87. The topological polar surface area (TPSA) is 71.0 Å². The first-order valence-electron chi connectivity index (χ1n) is 10.6. The summed E-state index contributed by atoms with van der Waals surface area (Å²) in [5.41, 5.74) is -0.652. The molecule has 4 atom stereocenters. The average Bonchev–Trinajstić information content (AvgIpc) is 2.64. The lowest BCUT2D eigenvalue weighted by molar-refractivity contribution is -0.108. The van der Waals surface area contributed by atoms with Gasteiger partial charge in [-0.1, -0.05) is 18.2 Å². The van der Waals surface area contributed by atoms with Crippen LogP contribution in [-0.2, 0) is 4.74 Å².